The highest BCUT2D eigenvalue weighted by Crippen LogP contribution is 2.21. The third-order valence-corrected chi connectivity index (χ3v) is 5.56. The highest BCUT2D eigenvalue weighted by atomic mass is 35.5. The Morgan fingerprint density at radius 3 is 2.37 bits per heavy atom. The fourth-order valence-electron chi connectivity index (χ4n) is 2.30. The molecule has 0 atom stereocenters. The van der Waals surface area contributed by atoms with Crippen LogP contribution in [0.3, 0.4) is 0 Å². The topological polar surface area (TPSA) is 102 Å². The molecule has 0 aliphatic carbocycles. The van der Waals surface area contributed by atoms with E-state index in [1.165, 1.54) is 38.4 Å². The first-order valence-electron chi connectivity index (χ1n) is 7.97. The molecule has 0 aliphatic rings. The number of hydrogen-bond donors (Lipinski definition) is 2. The molecule has 0 unspecified atom stereocenters. The van der Waals surface area contributed by atoms with Gasteiger partial charge in [0.15, 0.2) is 0 Å². The lowest BCUT2D eigenvalue weighted by Gasteiger charge is -2.09. The number of hydrogen-bond acceptors (Lipinski definition) is 5. The summed E-state index contributed by atoms with van der Waals surface area (Å²) in [5.41, 5.74) is 1.42. The molecule has 144 valence electrons. The van der Waals surface area contributed by atoms with Crippen molar-refractivity contribution in [2.45, 2.75) is 17.7 Å². The molecule has 0 aliphatic heterocycles. The van der Waals surface area contributed by atoms with Gasteiger partial charge in [-0.15, -0.1) is 0 Å². The van der Waals surface area contributed by atoms with Crippen LogP contribution in [0.2, 0.25) is 5.02 Å². The van der Waals surface area contributed by atoms with Crippen molar-refractivity contribution in [3.8, 4) is 0 Å². The van der Waals surface area contributed by atoms with E-state index in [0.717, 1.165) is 5.56 Å². The van der Waals surface area contributed by atoms with E-state index in [4.69, 9.17) is 11.6 Å². The van der Waals surface area contributed by atoms with E-state index in [0.29, 0.717) is 12.1 Å². The number of sulfonamides is 1. The van der Waals surface area contributed by atoms with Crippen molar-refractivity contribution in [1.82, 2.24) is 4.72 Å². The van der Waals surface area contributed by atoms with Crippen LogP contribution in [0, 0.1) is 0 Å². The van der Waals surface area contributed by atoms with Crippen molar-refractivity contribution in [2.24, 2.45) is 0 Å². The van der Waals surface area contributed by atoms with Gasteiger partial charge in [-0.05, 0) is 49.4 Å². The second-order valence-electron chi connectivity index (χ2n) is 5.59. The number of anilines is 1. The highest BCUT2D eigenvalue weighted by molar-refractivity contribution is 7.89. The van der Waals surface area contributed by atoms with Gasteiger partial charge in [0.25, 0.3) is 0 Å². The van der Waals surface area contributed by atoms with Gasteiger partial charge in [-0.3, -0.25) is 4.79 Å². The molecule has 2 aromatic rings. The Morgan fingerprint density at radius 2 is 1.78 bits per heavy atom. The van der Waals surface area contributed by atoms with Gasteiger partial charge in [0, 0.05) is 12.1 Å². The van der Waals surface area contributed by atoms with E-state index in [2.05, 4.69) is 14.8 Å². The molecule has 2 N–H and O–H groups in total. The molecule has 27 heavy (non-hydrogen) atoms. The van der Waals surface area contributed by atoms with Crippen molar-refractivity contribution in [3.63, 3.8) is 0 Å². The molecular weight excluding hydrogens is 392 g/mol. The lowest BCUT2D eigenvalue weighted by molar-refractivity contribution is -0.116. The summed E-state index contributed by atoms with van der Waals surface area (Å²) in [4.78, 5) is 23.9. The van der Waals surface area contributed by atoms with Crippen LogP contribution in [0.25, 0.3) is 0 Å². The van der Waals surface area contributed by atoms with Crippen LogP contribution >= 0.6 is 11.6 Å². The molecule has 9 heteroatoms. The SMILES string of the molecule is CNS(=O)(=O)c1ccc(CCC(=O)Nc2ccc(Cl)c(C(=O)OC)c2)cc1. The fourth-order valence-corrected chi connectivity index (χ4v) is 3.23. The molecule has 0 fully saturated rings. The summed E-state index contributed by atoms with van der Waals surface area (Å²) >= 11 is 5.94. The lowest BCUT2D eigenvalue weighted by atomic mass is 10.1. The smallest absolute Gasteiger partial charge is 0.339 e. The van der Waals surface area contributed by atoms with Crippen LogP contribution in [0.4, 0.5) is 5.69 Å². The number of carbonyl (C=O) groups excluding carboxylic acids is 2. The molecule has 1 amide bonds. The molecule has 0 saturated carbocycles. The molecule has 0 aromatic heterocycles. The maximum absolute atomic E-state index is 12.1. The van der Waals surface area contributed by atoms with Crippen molar-refractivity contribution in [3.05, 3.63) is 58.6 Å². The van der Waals surface area contributed by atoms with E-state index in [1.807, 2.05) is 0 Å². The zero-order chi connectivity index (χ0) is 20.0. The van der Waals surface area contributed by atoms with Crippen molar-refractivity contribution in [2.75, 3.05) is 19.5 Å². The van der Waals surface area contributed by atoms with Gasteiger partial charge in [-0.2, -0.15) is 0 Å². The van der Waals surface area contributed by atoms with Gasteiger partial charge >= 0.3 is 5.97 Å². The summed E-state index contributed by atoms with van der Waals surface area (Å²) in [5, 5.41) is 2.93. The first kappa shape index (κ1) is 20.9. The molecule has 0 bridgehead atoms. The first-order chi connectivity index (χ1) is 12.8. The highest BCUT2D eigenvalue weighted by Gasteiger charge is 2.13. The van der Waals surface area contributed by atoms with E-state index >= 15 is 0 Å². The number of esters is 1. The Balaban J connectivity index is 1.98. The summed E-state index contributed by atoms with van der Waals surface area (Å²) in [7, 11) is -0.891. The molecular formula is C18H19ClN2O5S. The predicted molar refractivity (Wildman–Crippen MR) is 102 cm³/mol. The molecule has 2 rings (SSSR count). The molecule has 7 nitrogen and oxygen atoms in total. The number of aryl methyl sites for hydroxylation is 1. The standard InChI is InChI=1S/C18H19ClN2O5S/c1-20-27(24,25)14-7-3-12(4-8-14)5-10-17(22)21-13-6-9-16(19)15(11-13)18(23)26-2/h3-4,6-9,11,20H,5,10H2,1-2H3,(H,21,22). The zero-order valence-electron chi connectivity index (χ0n) is 14.8. The molecule has 0 radical (unpaired) electrons. The van der Waals surface area contributed by atoms with Crippen molar-refractivity contribution >= 4 is 39.2 Å². The Morgan fingerprint density at radius 1 is 1.11 bits per heavy atom. The minimum absolute atomic E-state index is 0.162. The molecule has 0 saturated heterocycles. The molecule has 0 spiro atoms. The quantitative estimate of drug-likeness (QED) is 0.683. The minimum atomic E-state index is -3.48. The Bertz CT molecular complexity index is 943. The van der Waals surface area contributed by atoms with Crippen LogP contribution in [0.5, 0.6) is 0 Å². The number of amides is 1. The second-order valence-corrected chi connectivity index (χ2v) is 7.88. The van der Waals surface area contributed by atoms with Crippen LogP contribution in [-0.2, 0) is 26.0 Å². The van der Waals surface area contributed by atoms with Gasteiger partial charge < -0.3 is 10.1 Å². The van der Waals surface area contributed by atoms with E-state index in [9.17, 15) is 18.0 Å². The number of methoxy groups -OCH3 is 1. The largest absolute Gasteiger partial charge is 0.465 e. The van der Waals surface area contributed by atoms with Crippen LogP contribution in [0.1, 0.15) is 22.3 Å². The molecule has 2 aromatic carbocycles. The van der Waals surface area contributed by atoms with Crippen LogP contribution in [-0.4, -0.2) is 34.5 Å². The number of nitrogens with one attached hydrogen (secondary N) is 2. The second kappa shape index (κ2) is 8.98. The average molecular weight is 411 g/mol. The maximum Gasteiger partial charge on any atom is 0.339 e. The van der Waals surface area contributed by atoms with E-state index in [-0.39, 0.29) is 27.8 Å². The fraction of sp³-hybridized carbons (Fsp3) is 0.222. The average Bonchev–Trinajstić information content (AvgIpc) is 2.67. The number of carbonyl (C=O) groups is 2. The lowest BCUT2D eigenvalue weighted by Crippen LogP contribution is -2.18. The summed E-state index contributed by atoms with van der Waals surface area (Å²) in [6.07, 6.45) is 0.622. The van der Waals surface area contributed by atoms with Crippen LogP contribution < -0.4 is 10.0 Å². The third-order valence-electron chi connectivity index (χ3n) is 3.80. The minimum Gasteiger partial charge on any atom is -0.465 e. The predicted octanol–water partition coefficient (Wildman–Crippen LogP) is 2.61. The molecule has 0 heterocycles. The Kier molecular flexibility index (Phi) is 6.95. The van der Waals surface area contributed by atoms with Gasteiger partial charge in [0.2, 0.25) is 15.9 Å². The van der Waals surface area contributed by atoms with Gasteiger partial charge in [0.1, 0.15) is 0 Å². The first-order valence-corrected chi connectivity index (χ1v) is 9.83. The summed E-state index contributed by atoms with van der Waals surface area (Å²) in [5.74, 6) is -0.840. The van der Waals surface area contributed by atoms with Crippen LogP contribution in [0.15, 0.2) is 47.4 Å². The third kappa shape index (κ3) is 5.53. The number of ether oxygens (including phenoxy) is 1. The normalized spacial score (nSPS) is 11.1. The number of rotatable bonds is 7. The van der Waals surface area contributed by atoms with Gasteiger partial charge in [-0.25, -0.2) is 17.9 Å². The zero-order valence-corrected chi connectivity index (χ0v) is 16.4. The summed E-state index contributed by atoms with van der Waals surface area (Å²) in [6, 6.07) is 10.8. The van der Waals surface area contributed by atoms with E-state index < -0.39 is 16.0 Å². The monoisotopic (exact) mass is 410 g/mol. The van der Waals surface area contributed by atoms with Gasteiger partial charge in [0.05, 0.1) is 22.6 Å². The number of benzene rings is 2. The Hall–Kier alpha value is -2.42. The summed E-state index contributed by atoms with van der Waals surface area (Å²) in [6.45, 7) is 0. The van der Waals surface area contributed by atoms with E-state index in [1.54, 1.807) is 18.2 Å². The van der Waals surface area contributed by atoms with Gasteiger partial charge in [-0.1, -0.05) is 23.7 Å². The van der Waals surface area contributed by atoms with Crippen molar-refractivity contribution < 1.29 is 22.7 Å². The number of halogens is 1. The van der Waals surface area contributed by atoms with Crippen molar-refractivity contribution in [1.29, 1.82) is 0 Å². The maximum atomic E-state index is 12.1. The Labute approximate surface area is 162 Å². The summed E-state index contributed by atoms with van der Waals surface area (Å²) < 4.78 is 30.3.